The number of carbonyl (C=O) groups is 2. The number of hydrogen-bond acceptors (Lipinski definition) is 4. The van der Waals surface area contributed by atoms with Crippen molar-refractivity contribution >= 4 is 23.3 Å². The Morgan fingerprint density at radius 2 is 2.05 bits per heavy atom. The van der Waals surface area contributed by atoms with Crippen LogP contribution in [0.2, 0.25) is 0 Å². The standard InChI is InChI=1S/C16H22N4O2/c1-3-5-11-19(4-2)16(22)15-17-12-14(21)20(18-15)13-9-7-6-8-10-13/h6-10H,3-5,11-12H2,1-2H3,(H,17,18). The van der Waals surface area contributed by atoms with Gasteiger partial charge in [-0.25, -0.2) is 5.01 Å². The van der Waals surface area contributed by atoms with Crippen LogP contribution in [0.5, 0.6) is 0 Å². The number of anilines is 1. The van der Waals surface area contributed by atoms with Gasteiger partial charge in [0.1, 0.15) is 6.54 Å². The number of amidine groups is 1. The number of nitrogens with zero attached hydrogens (tertiary/aromatic N) is 3. The molecule has 1 heterocycles. The number of amides is 2. The number of nitrogens with one attached hydrogen (secondary N) is 1. The highest BCUT2D eigenvalue weighted by Crippen LogP contribution is 2.13. The van der Waals surface area contributed by atoms with E-state index >= 15 is 0 Å². The number of aliphatic imine (C=N–C) groups is 1. The van der Waals surface area contributed by atoms with Gasteiger partial charge in [-0.15, -0.1) is 0 Å². The molecule has 1 aliphatic heterocycles. The van der Waals surface area contributed by atoms with E-state index in [0.717, 1.165) is 12.8 Å². The number of hydrogen-bond donors (Lipinski definition) is 1. The SMILES string of the molecule is CCCCN(CC)C(=O)C1=NCC(=O)N(c2ccccc2)N1. The van der Waals surface area contributed by atoms with E-state index in [2.05, 4.69) is 17.3 Å². The first-order valence-electron chi connectivity index (χ1n) is 7.65. The molecule has 1 aliphatic rings. The zero-order chi connectivity index (χ0) is 15.9. The lowest BCUT2D eigenvalue weighted by Gasteiger charge is -2.30. The fourth-order valence-corrected chi connectivity index (χ4v) is 2.22. The molecule has 0 atom stereocenters. The molecule has 118 valence electrons. The highest BCUT2D eigenvalue weighted by Gasteiger charge is 2.27. The first kappa shape index (κ1) is 16.0. The summed E-state index contributed by atoms with van der Waals surface area (Å²) in [6.45, 7) is 5.33. The molecule has 1 aromatic carbocycles. The first-order chi connectivity index (χ1) is 10.7. The summed E-state index contributed by atoms with van der Waals surface area (Å²) in [4.78, 5) is 30.3. The Kier molecular flexibility index (Phi) is 5.52. The predicted molar refractivity (Wildman–Crippen MR) is 86.5 cm³/mol. The topological polar surface area (TPSA) is 65.0 Å². The maximum absolute atomic E-state index is 12.5. The van der Waals surface area contributed by atoms with Crippen molar-refractivity contribution in [2.75, 3.05) is 24.6 Å². The van der Waals surface area contributed by atoms with Gasteiger partial charge in [-0.1, -0.05) is 31.5 Å². The first-order valence-corrected chi connectivity index (χ1v) is 7.65. The minimum Gasteiger partial charge on any atom is -0.336 e. The van der Waals surface area contributed by atoms with Crippen molar-refractivity contribution in [3.8, 4) is 0 Å². The van der Waals surface area contributed by atoms with Crippen LogP contribution < -0.4 is 10.4 Å². The molecule has 0 aliphatic carbocycles. The number of likely N-dealkylation sites (N-methyl/N-ethyl adjacent to an activating group) is 1. The molecule has 2 amide bonds. The van der Waals surface area contributed by atoms with Gasteiger partial charge in [0, 0.05) is 13.1 Å². The fraction of sp³-hybridized carbons (Fsp3) is 0.438. The van der Waals surface area contributed by atoms with E-state index < -0.39 is 0 Å². The van der Waals surface area contributed by atoms with Crippen LogP contribution in [-0.2, 0) is 9.59 Å². The number of carbonyl (C=O) groups excluding carboxylic acids is 2. The molecule has 0 bridgehead atoms. The summed E-state index contributed by atoms with van der Waals surface area (Å²) in [5.74, 6) is -0.120. The van der Waals surface area contributed by atoms with E-state index in [1.54, 1.807) is 4.90 Å². The normalized spacial score (nSPS) is 14.4. The second-order valence-corrected chi connectivity index (χ2v) is 5.08. The zero-order valence-electron chi connectivity index (χ0n) is 13.1. The van der Waals surface area contributed by atoms with Gasteiger partial charge < -0.3 is 4.90 Å². The summed E-state index contributed by atoms with van der Waals surface area (Å²) in [6.07, 6.45) is 1.98. The van der Waals surface area contributed by atoms with Crippen molar-refractivity contribution in [1.29, 1.82) is 0 Å². The third kappa shape index (κ3) is 3.63. The molecule has 0 unspecified atom stereocenters. The summed E-state index contributed by atoms with van der Waals surface area (Å²) >= 11 is 0. The Morgan fingerprint density at radius 1 is 1.32 bits per heavy atom. The lowest BCUT2D eigenvalue weighted by Crippen LogP contribution is -2.56. The van der Waals surface area contributed by atoms with Crippen LogP contribution in [-0.4, -0.2) is 42.2 Å². The van der Waals surface area contributed by atoms with Crippen LogP contribution in [0.25, 0.3) is 0 Å². The van der Waals surface area contributed by atoms with Crippen LogP contribution in [0.3, 0.4) is 0 Å². The number of rotatable bonds is 6. The summed E-state index contributed by atoms with van der Waals surface area (Å²) < 4.78 is 0. The van der Waals surface area contributed by atoms with Gasteiger partial charge in [-0.05, 0) is 25.5 Å². The Hall–Kier alpha value is -2.37. The van der Waals surface area contributed by atoms with E-state index in [1.165, 1.54) is 5.01 Å². The molecule has 6 nitrogen and oxygen atoms in total. The van der Waals surface area contributed by atoms with Gasteiger partial charge in [0.2, 0.25) is 5.84 Å². The van der Waals surface area contributed by atoms with Crippen LogP contribution in [0, 0.1) is 0 Å². The van der Waals surface area contributed by atoms with Crippen molar-refractivity contribution < 1.29 is 9.59 Å². The van der Waals surface area contributed by atoms with E-state index in [-0.39, 0.29) is 24.2 Å². The van der Waals surface area contributed by atoms with Crippen molar-refractivity contribution in [3.05, 3.63) is 30.3 Å². The molecule has 1 aromatic rings. The highest BCUT2D eigenvalue weighted by molar-refractivity contribution is 6.39. The lowest BCUT2D eigenvalue weighted by atomic mass is 10.3. The molecular formula is C16H22N4O2. The molecule has 22 heavy (non-hydrogen) atoms. The summed E-state index contributed by atoms with van der Waals surface area (Å²) in [5, 5.41) is 1.38. The number of unbranched alkanes of at least 4 members (excludes halogenated alkanes) is 1. The monoisotopic (exact) mass is 302 g/mol. The Bertz CT molecular complexity index is 557. The third-order valence-corrected chi connectivity index (χ3v) is 3.51. The summed E-state index contributed by atoms with van der Waals surface area (Å²) in [6, 6.07) is 9.19. The molecule has 0 saturated heterocycles. The average molecular weight is 302 g/mol. The smallest absolute Gasteiger partial charge is 0.290 e. The number of hydrazine groups is 1. The number of benzene rings is 1. The number of para-hydroxylation sites is 1. The molecular weight excluding hydrogens is 280 g/mol. The zero-order valence-corrected chi connectivity index (χ0v) is 13.1. The molecule has 2 rings (SSSR count). The van der Waals surface area contributed by atoms with Gasteiger partial charge in [0.15, 0.2) is 0 Å². The van der Waals surface area contributed by atoms with Gasteiger partial charge in [0.05, 0.1) is 5.69 Å². The van der Waals surface area contributed by atoms with Crippen molar-refractivity contribution in [3.63, 3.8) is 0 Å². The molecule has 0 radical (unpaired) electrons. The minimum absolute atomic E-state index is 0.0195. The predicted octanol–water partition coefficient (Wildman–Crippen LogP) is 1.58. The Balaban J connectivity index is 2.12. The second-order valence-electron chi connectivity index (χ2n) is 5.08. The van der Waals surface area contributed by atoms with Crippen LogP contribution in [0.1, 0.15) is 26.7 Å². The Labute approximate surface area is 130 Å². The summed E-state index contributed by atoms with van der Waals surface area (Å²) in [5.41, 5.74) is 3.55. The quantitative estimate of drug-likeness (QED) is 0.868. The Morgan fingerprint density at radius 3 is 2.68 bits per heavy atom. The molecule has 0 spiro atoms. The van der Waals surface area contributed by atoms with Crippen molar-refractivity contribution in [1.82, 2.24) is 10.3 Å². The van der Waals surface area contributed by atoms with E-state index in [0.29, 0.717) is 18.8 Å². The van der Waals surface area contributed by atoms with Gasteiger partial charge in [0.25, 0.3) is 11.8 Å². The van der Waals surface area contributed by atoms with Crippen LogP contribution >= 0.6 is 0 Å². The van der Waals surface area contributed by atoms with Gasteiger partial charge >= 0.3 is 0 Å². The van der Waals surface area contributed by atoms with Crippen LogP contribution in [0.15, 0.2) is 35.3 Å². The van der Waals surface area contributed by atoms with Gasteiger partial charge in [-0.2, -0.15) is 0 Å². The molecule has 0 fully saturated rings. The largest absolute Gasteiger partial charge is 0.336 e. The maximum atomic E-state index is 12.5. The van der Waals surface area contributed by atoms with Crippen LogP contribution in [0.4, 0.5) is 5.69 Å². The average Bonchev–Trinajstić information content (AvgIpc) is 2.56. The highest BCUT2D eigenvalue weighted by atomic mass is 16.2. The second kappa shape index (κ2) is 7.59. The van der Waals surface area contributed by atoms with E-state index in [4.69, 9.17) is 0 Å². The fourth-order valence-electron chi connectivity index (χ4n) is 2.22. The third-order valence-electron chi connectivity index (χ3n) is 3.51. The molecule has 0 saturated carbocycles. The molecule has 1 N–H and O–H groups in total. The van der Waals surface area contributed by atoms with E-state index in [9.17, 15) is 9.59 Å². The molecule has 0 aromatic heterocycles. The van der Waals surface area contributed by atoms with Crippen molar-refractivity contribution in [2.24, 2.45) is 4.99 Å². The molecule has 6 heteroatoms. The minimum atomic E-state index is -0.181. The van der Waals surface area contributed by atoms with Gasteiger partial charge in [-0.3, -0.25) is 20.0 Å². The van der Waals surface area contributed by atoms with Crippen molar-refractivity contribution in [2.45, 2.75) is 26.7 Å². The maximum Gasteiger partial charge on any atom is 0.290 e. The lowest BCUT2D eigenvalue weighted by molar-refractivity contribution is -0.124. The summed E-state index contributed by atoms with van der Waals surface area (Å²) in [7, 11) is 0. The van der Waals surface area contributed by atoms with E-state index in [1.807, 2.05) is 37.3 Å².